The Bertz CT molecular complexity index is 794. The summed E-state index contributed by atoms with van der Waals surface area (Å²) < 4.78 is 5.23. The molecule has 1 aromatic rings. The van der Waals surface area contributed by atoms with Gasteiger partial charge in [-0.25, -0.2) is 0 Å². The second-order valence-electron chi connectivity index (χ2n) is 8.81. The number of rotatable bonds is 6. The number of ether oxygens (including phenoxy) is 1. The Balaban J connectivity index is 1.66. The molecule has 2 aliphatic heterocycles. The summed E-state index contributed by atoms with van der Waals surface area (Å²) in [5.41, 5.74) is -0.100. The van der Waals surface area contributed by atoms with Gasteiger partial charge < -0.3 is 15.0 Å². The topological polar surface area (TPSA) is 85.7 Å². The molecule has 2 N–H and O–H groups in total. The van der Waals surface area contributed by atoms with Crippen LogP contribution in [-0.2, 0) is 4.79 Å². The van der Waals surface area contributed by atoms with Crippen molar-refractivity contribution >= 4 is 17.8 Å². The van der Waals surface area contributed by atoms with Gasteiger partial charge in [-0.15, -0.1) is 0 Å². The van der Waals surface area contributed by atoms with E-state index in [4.69, 9.17) is 10.1 Å². The lowest BCUT2D eigenvalue weighted by Gasteiger charge is -2.34. The predicted octanol–water partition coefficient (Wildman–Crippen LogP) is 2.72. The molecule has 2 fully saturated rings. The van der Waals surface area contributed by atoms with Crippen molar-refractivity contribution in [2.75, 3.05) is 26.7 Å². The van der Waals surface area contributed by atoms with E-state index < -0.39 is 5.54 Å². The molecule has 7 nitrogen and oxygen atoms in total. The Hall–Kier alpha value is -2.57. The second-order valence-corrected chi connectivity index (χ2v) is 8.81. The number of guanidine groups is 1. The lowest BCUT2D eigenvalue weighted by Crippen LogP contribution is -2.47. The molecule has 2 atom stereocenters. The molecule has 1 aromatic carbocycles. The van der Waals surface area contributed by atoms with Crippen LogP contribution in [0.4, 0.5) is 0 Å². The van der Waals surface area contributed by atoms with Crippen molar-refractivity contribution < 1.29 is 14.3 Å². The van der Waals surface area contributed by atoms with E-state index in [2.05, 4.69) is 19.2 Å². The number of hydrogen-bond acceptors (Lipinski definition) is 4. The van der Waals surface area contributed by atoms with Gasteiger partial charge in [-0.3, -0.25) is 19.9 Å². The minimum Gasteiger partial charge on any atom is -0.497 e. The van der Waals surface area contributed by atoms with Gasteiger partial charge in [0.2, 0.25) is 0 Å². The average Bonchev–Trinajstić information content (AvgIpc) is 2.89. The predicted molar refractivity (Wildman–Crippen MR) is 112 cm³/mol. The second kappa shape index (κ2) is 8.43. The van der Waals surface area contributed by atoms with Crippen LogP contribution in [0.3, 0.4) is 0 Å². The van der Waals surface area contributed by atoms with E-state index in [0.29, 0.717) is 43.3 Å². The minimum atomic E-state index is -0.712. The van der Waals surface area contributed by atoms with Crippen LogP contribution in [-0.4, -0.2) is 59.9 Å². The fourth-order valence-corrected chi connectivity index (χ4v) is 4.51. The van der Waals surface area contributed by atoms with Gasteiger partial charge in [-0.2, -0.15) is 0 Å². The smallest absolute Gasteiger partial charge is 0.254 e. The van der Waals surface area contributed by atoms with Gasteiger partial charge in [0, 0.05) is 25.2 Å². The summed E-state index contributed by atoms with van der Waals surface area (Å²) in [6.07, 6.45) is 2.53. The van der Waals surface area contributed by atoms with Crippen LogP contribution in [0.2, 0.25) is 0 Å². The summed E-state index contributed by atoms with van der Waals surface area (Å²) in [6.45, 7) is 7.81. The molecule has 2 amide bonds. The number of amides is 2. The van der Waals surface area contributed by atoms with Gasteiger partial charge in [0.15, 0.2) is 5.96 Å². The average molecular weight is 401 g/mol. The number of likely N-dealkylation sites (tertiary alicyclic amines) is 1. The van der Waals surface area contributed by atoms with Crippen LogP contribution in [0, 0.1) is 17.2 Å². The SMILES string of the molecule is COc1cccc(C(=O)N2CCCC(CN3C(=N)NC(C)(CC(C)C)C3=O)C2)c1. The summed E-state index contributed by atoms with van der Waals surface area (Å²) in [7, 11) is 1.59. The number of methoxy groups -OCH3 is 1. The molecule has 0 aliphatic carbocycles. The van der Waals surface area contributed by atoms with Gasteiger partial charge in [-0.1, -0.05) is 19.9 Å². The summed E-state index contributed by atoms with van der Waals surface area (Å²) in [5.74, 6) is 1.30. The van der Waals surface area contributed by atoms with Crippen LogP contribution >= 0.6 is 0 Å². The molecule has 0 spiro atoms. The Morgan fingerprint density at radius 1 is 1.41 bits per heavy atom. The van der Waals surface area contributed by atoms with E-state index in [1.807, 2.05) is 24.0 Å². The van der Waals surface area contributed by atoms with Crippen LogP contribution in [0.25, 0.3) is 0 Å². The van der Waals surface area contributed by atoms with Gasteiger partial charge in [0.25, 0.3) is 11.8 Å². The summed E-state index contributed by atoms with van der Waals surface area (Å²) in [4.78, 5) is 29.3. The largest absolute Gasteiger partial charge is 0.497 e. The monoisotopic (exact) mass is 400 g/mol. The lowest BCUT2D eigenvalue weighted by atomic mass is 9.90. The fourth-order valence-electron chi connectivity index (χ4n) is 4.51. The van der Waals surface area contributed by atoms with E-state index in [-0.39, 0.29) is 23.7 Å². The maximum atomic E-state index is 13.0. The molecule has 2 unspecified atom stereocenters. The van der Waals surface area contributed by atoms with Crippen molar-refractivity contribution in [3.8, 4) is 5.75 Å². The van der Waals surface area contributed by atoms with Crippen LogP contribution < -0.4 is 10.1 Å². The quantitative estimate of drug-likeness (QED) is 0.769. The molecule has 29 heavy (non-hydrogen) atoms. The van der Waals surface area contributed by atoms with Crippen molar-refractivity contribution in [1.29, 1.82) is 5.41 Å². The normalized spacial score (nSPS) is 24.8. The number of nitrogens with zero attached hydrogens (tertiary/aromatic N) is 2. The first kappa shape index (κ1) is 21.1. The summed E-state index contributed by atoms with van der Waals surface area (Å²) in [5, 5.41) is 11.4. The zero-order chi connectivity index (χ0) is 21.2. The molecule has 0 bridgehead atoms. The molecule has 2 saturated heterocycles. The number of nitrogens with one attached hydrogen (secondary N) is 2. The number of carbonyl (C=O) groups excluding carboxylic acids is 2. The van der Waals surface area contributed by atoms with Crippen molar-refractivity contribution in [1.82, 2.24) is 15.1 Å². The summed E-state index contributed by atoms with van der Waals surface area (Å²) in [6, 6.07) is 7.20. The van der Waals surface area contributed by atoms with E-state index in [9.17, 15) is 9.59 Å². The third-order valence-electron chi connectivity index (χ3n) is 5.76. The van der Waals surface area contributed by atoms with Crippen molar-refractivity contribution in [2.45, 2.75) is 45.6 Å². The van der Waals surface area contributed by atoms with Crippen LogP contribution in [0.1, 0.15) is 50.4 Å². The Morgan fingerprint density at radius 3 is 2.86 bits per heavy atom. The van der Waals surface area contributed by atoms with Crippen molar-refractivity contribution in [3.63, 3.8) is 0 Å². The molecule has 2 aliphatic rings. The Labute approximate surface area is 172 Å². The fraction of sp³-hybridized carbons (Fsp3) is 0.591. The molecule has 158 valence electrons. The maximum absolute atomic E-state index is 13.0. The van der Waals surface area contributed by atoms with E-state index in [1.165, 1.54) is 0 Å². The van der Waals surface area contributed by atoms with E-state index in [0.717, 1.165) is 12.8 Å². The minimum absolute atomic E-state index is 0.0146. The zero-order valence-electron chi connectivity index (χ0n) is 17.8. The molecule has 2 heterocycles. The van der Waals surface area contributed by atoms with Gasteiger partial charge in [0.1, 0.15) is 11.3 Å². The standard InChI is InChI=1S/C22H32N4O3/c1-15(2)12-22(3)20(28)26(21(23)24-22)14-16-7-6-10-25(13-16)19(27)17-8-5-9-18(11-17)29-4/h5,8-9,11,15-16H,6-7,10,12-14H2,1-4H3,(H2,23,24). The molecule has 7 heteroatoms. The van der Waals surface area contributed by atoms with Gasteiger partial charge >= 0.3 is 0 Å². The molecular weight excluding hydrogens is 368 g/mol. The summed E-state index contributed by atoms with van der Waals surface area (Å²) >= 11 is 0. The van der Waals surface area contributed by atoms with Gasteiger partial charge in [0.05, 0.1) is 7.11 Å². The third-order valence-corrected chi connectivity index (χ3v) is 5.76. The van der Waals surface area contributed by atoms with Crippen molar-refractivity contribution in [2.24, 2.45) is 11.8 Å². The van der Waals surface area contributed by atoms with E-state index >= 15 is 0 Å². The zero-order valence-corrected chi connectivity index (χ0v) is 17.8. The van der Waals surface area contributed by atoms with E-state index in [1.54, 1.807) is 24.1 Å². The number of carbonyl (C=O) groups is 2. The molecule has 0 saturated carbocycles. The Morgan fingerprint density at radius 2 is 2.17 bits per heavy atom. The highest BCUT2D eigenvalue weighted by Gasteiger charge is 2.46. The number of piperidine rings is 1. The Kier molecular flexibility index (Phi) is 6.15. The van der Waals surface area contributed by atoms with Crippen LogP contribution in [0.5, 0.6) is 5.75 Å². The third kappa shape index (κ3) is 4.54. The maximum Gasteiger partial charge on any atom is 0.254 e. The molecule has 0 radical (unpaired) electrons. The molecule has 3 rings (SSSR count). The van der Waals surface area contributed by atoms with Gasteiger partial charge in [-0.05, 0) is 56.2 Å². The first-order valence-electron chi connectivity index (χ1n) is 10.4. The first-order chi connectivity index (χ1) is 13.7. The highest BCUT2D eigenvalue weighted by molar-refractivity contribution is 6.07. The number of hydrogen-bond donors (Lipinski definition) is 2. The first-order valence-corrected chi connectivity index (χ1v) is 10.4. The number of benzene rings is 1. The highest BCUT2D eigenvalue weighted by atomic mass is 16.5. The van der Waals surface area contributed by atoms with Crippen molar-refractivity contribution in [3.05, 3.63) is 29.8 Å². The molecular formula is C22H32N4O3. The lowest BCUT2D eigenvalue weighted by molar-refractivity contribution is -0.131. The highest BCUT2D eigenvalue weighted by Crippen LogP contribution is 2.27. The van der Waals surface area contributed by atoms with Crippen LogP contribution in [0.15, 0.2) is 24.3 Å². The molecule has 0 aromatic heterocycles.